The van der Waals surface area contributed by atoms with Gasteiger partial charge in [0.1, 0.15) is 6.54 Å². The second-order valence-electron chi connectivity index (χ2n) is 6.42. The minimum absolute atomic E-state index is 0.0702. The highest BCUT2D eigenvalue weighted by molar-refractivity contribution is 7.92. The standard InChI is InChI=1S/C21H17ClN2O5S/c22-15-5-4-6-17(11-15)24(30(26,27)18-7-2-1-3-8-18)13-21(25)23-16-9-10-19-20(12-16)29-14-28-19/h1-12H,13-14H2,(H,23,25). The number of amides is 1. The first kappa shape index (κ1) is 20.1. The third kappa shape index (κ3) is 4.19. The van der Waals surface area contributed by atoms with E-state index < -0.39 is 22.5 Å². The van der Waals surface area contributed by atoms with Crippen molar-refractivity contribution in [2.75, 3.05) is 23.0 Å². The van der Waals surface area contributed by atoms with Gasteiger partial charge in [0.2, 0.25) is 12.7 Å². The Labute approximate surface area is 178 Å². The Morgan fingerprint density at radius 2 is 1.73 bits per heavy atom. The Balaban J connectivity index is 1.62. The van der Waals surface area contributed by atoms with Crippen molar-refractivity contribution < 1.29 is 22.7 Å². The topological polar surface area (TPSA) is 84.9 Å². The normalized spacial score (nSPS) is 12.4. The number of anilines is 2. The van der Waals surface area contributed by atoms with Crippen LogP contribution in [0.25, 0.3) is 0 Å². The number of nitrogens with one attached hydrogen (secondary N) is 1. The second kappa shape index (κ2) is 8.25. The molecule has 0 saturated heterocycles. The summed E-state index contributed by atoms with van der Waals surface area (Å²) in [7, 11) is -4.00. The van der Waals surface area contributed by atoms with Gasteiger partial charge in [-0.05, 0) is 42.5 Å². The lowest BCUT2D eigenvalue weighted by Gasteiger charge is -2.24. The number of nitrogens with zero attached hydrogens (tertiary/aromatic N) is 1. The Morgan fingerprint density at radius 3 is 2.50 bits per heavy atom. The highest BCUT2D eigenvalue weighted by Crippen LogP contribution is 2.34. The first-order chi connectivity index (χ1) is 14.4. The predicted molar refractivity (Wildman–Crippen MR) is 114 cm³/mol. The van der Waals surface area contributed by atoms with E-state index in [9.17, 15) is 13.2 Å². The molecular formula is C21H17ClN2O5S. The zero-order valence-electron chi connectivity index (χ0n) is 15.6. The highest BCUT2D eigenvalue weighted by Gasteiger charge is 2.27. The van der Waals surface area contributed by atoms with Crippen LogP contribution in [0, 0.1) is 0 Å². The minimum atomic E-state index is -4.00. The van der Waals surface area contributed by atoms with Crippen molar-refractivity contribution in [2.45, 2.75) is 4.90 Å². The number of sulfonamides is 1. The number of hydrogen-bond acceptors (Lipinski definition) is 5. The molecule has 0 aliphatic carbocycles. The molecule has 1 aliphatic rings. The number of carbonyl (C=O) groups is 1. The lowest BCUT2D eigenvalue weighted by Crippen LogP contribution is -2.38. The van der Waals surface area contributed by atoms with Crippen LogP contribution >= 0.6 is 11.6 Å². The van der Waals surface area contributed by atoms with Crippen LogP contribution in [0.3, 0.4) is 0 Å². The van der Waals surface area contributed by atoms with Crippen LogP contribution < -0.4 is 19.1 Å². The summed E-state index contributed by atoms with van der Waals surface area (Å²) in [5, 5.41) is 3.05. The van der Waals surface area contributed by atoms with E-state index in [1.807, 2.05) is 0 Å². The van der Waals surface area contributed by atoms with Gasteiger partial charge in [-0.15, -0.1) is 0 Å². The van der Waals surface area contributed by atoms with E-state index >= 15 is 0 Å². The Hall–Kier alpha value is -3.23. The van der Waals surface area contributed by atoms with E-state index in [0.717, 1.165) is 4.31 Å². The summed E-state index contributed by atoms with van der Waals surface area (Å²) in [5.41, 5.74) is 0.750. The molecular weight excluding hydrogens is 428 g/mol. The number of fused-ring (bicyclic) bond motifs is 1. The quantitative estimate of drug-likeness (QED) is 0.623. The van der Waals surface area contributed by atoms with E-state index in [-0.39, 0.29) is 17.4 Å². The maximum atomic E-state index is 13.3. The first-order valence-corrected chi connectivity index (χ1v) is 10.8. The van der Waals surface area contributed by atoms with E-state index in [4.69, 9.17) is 21.1 Å². The van der Waals surface area contributed by atoms with Crippen LogP contribution in [0.4, 0.5) is 11.4 Å². The number of rotatable bonds is 6. The lowest BCUT2D eigenvalue weighted by atomic mass is 10.2. The molecule has 1 N–H and O–H groups in total. The Morgan fingerprint density at radius 1 is 0.967 bits per heavy atom. The fourth-order valence-electron chi connectivity index (χ4n) is 2.97. The van der Waals surface area contributed by atoms with Crippen LogP contribution in [0.15, 0.2) is 77.7 Å². The average Bonchev–Trinajstić information content (AvgIpc) is 3.20. The summed E-state index contributed by atoms with van der Waals surface area (Å²) in [4.78, 5) is 12.8. The van der Waals surface area contributed by atoms with Crippen molar-refractivity contribution in [2.24, 2.45) is 0 Å². The zero-order valence-corrected chi connectivity index (χ0v) is 17.2. The van der Waals surface area contributed by atoms with E-state index in [1.54, 1.807) is 54.6 Å². The largest absolute Gasteiger partial charge is 0.454 e. The summed E-state index contributed by atoms with van der Waals surface area (Å²) >= 11 is 6.06. The van der Waals surface area contributed by atoms with Crippen LogP contribution in [0.2, 0.25) is 5.02 Å². The maximum absolute atomic E-state index is 13.3. The van der Waals surface area contributed by atoms with Crippen molar-refractivity contribution in [3.8, 4) is 11.5 Å². The summed E-state index contributed by atoms with van der Waals surface area (Å²) in [5.74, 6) is 0.574. The molecule has 3 aromatic rings. The van der Waals surface area contributed by atoms with E-state index in [1.165, 1.54) is 18.2 Å². The average molecular weight is 445 g/mol. The monoisotopic (exact) mass is 444 g/mol. The summed E-state index contributed by atoms with van der Waals surface area (Å²) in [6.07, 6.45) is 0. The van der Waals surface area contributed by atoms with Gasteiger partial charge in [0.25, 0.3) is 10.0 Å². The number of benzene rings is 3. The molecule has 0 bridgehead atoms. The van der Waals surface area contributed by atoms with Crippen molar-refractivity contribution in [3.05, 3.63) is 77.8 Å². The van der Waals surface area contributed by atoms with Gasteiger partial charge >= 0.3 is 0 Å². The smallest absolute Gasteiger partial charge is 0.264 e. The van der Waals surface area contributed by atoms with Crippen molar-refractivity contribution in [1.29, 1.82) is 0 Å². The molecule has 1 aliphatic heterocycles. The molecule has 1 amide bonds. The van der Waals surface area contributed by atoms with Crippen LogP contribution in [-0.2, 0) is 14.8 Å². The van der Waals surface area contributed by atoms with Gasteiger partial charge < -0.3 is 14.8 Å². The van der Waals surface area contributed by atoms with E-state index in [0.29, 0.717) is 22.2 Å². The molecule has 1 heterocycles. The third-order valence-corrected chi connectivity index (χ3v) is 6.39. The molecule has 7 nitrogen and oxygen atoms in total. The van der Waals surface area contributed by atoms with Crippen LogP contribution in [-0.4, -0.2) is 27.7 Å². The fraction of sp³-hybridized carbons (Fsp3) is 0.0952. The number of halogens is 1. The lowest BCUT2D eigenvalue weighted by molar-refractivity contribution is -0.114. The summed E-state index contributed by atoms with van der Waals surface area (Å²) in [6, 6.07) is 19.2. The minimum Gasteiger partial charge on any atom is -0.454 e. The van der Waals surface area contributed by atoms with Gasteiger partial charge in [-0.25, -0.2) is 8.42 Å². The van der Waals surface area contributed by atoms with Crippen molar-refractivity contribution >= 4 is 38.9 Å². The molecule has 4 rings (SSSR count). The van der Waals surface area contributed by atoms with Crippen molar-refractivity contribution in [3.63, 3.8) is 0 Å². The highest BCUT2D eigenvalue weighted by atomic mass is 35.5. The van der Waals surface area contributed by atoms with Gasteiger partial charge in [-0.2, -0.15) is 0 Å². The molecule has 0 saturated carbocycles. The summed E-state index contributed by atoms with van der Waals surface area (Å²) in [6.45, 7) is -0.323. The molecule has 0 fully saturated rings. The molecule has 0 spiro atoms. The van der Waals surface area contributed by atoms with Crippen LogP contribution in [0.5, 0.6) is 11.5 Å². The zero-order chi connectivity index (χ0) is 21.1. The number of hydrogen-bond donors (Lipinski definition) is 1. The van der Waals surface area contributed by atoms with Gasteiger partial charge in [0.15, 0.2) is 11.5 Å². The van der Waals surface area contributed by atoms with Crippen LogP contribution in [0.1, 0.15) is 0 Å². The number of carbonyl (C=O) groups excluding carboxylic acids is 1. The fourth-order valence-corrected chi connectivity index (χ4v) is 4.59. The molecule has 0 radical (unpaired) electrons. The van der Waals surface area contributed by atoms with Gasteiger partial charge in [0, 0.05) is 16.8 Å². The van der Waals surface area contributed by atoms with Crippen molar-refractivity contribution in [1.82, 2.24) is 0 Å². The summed E-state index contributed by atoms with van der Waals surface area (Å²) < 4.78 is 38.1. The Kier molecular flexibility index (Phi) is 5.52. The molecule has 0 aromatic heterocycles. The molecule has 30 heavy (non-hydrogen) atoms. The van der Waals surface area contributed by atoms with Gasteiger partial charge in [0.05, 0.1) is 10.6 Å². The second-order valence-corrected chi connectivity index (χ2v) is 8.72. The molecule has 9 heteroatoms. The molecule has 154 valence electrons. The van der Waals surface area contributed by atoms with Gasteiger partial charge in [-0.3, -0.25) is 9.10 Å². The third-order valence-electron chi connectivity index (χ3n) is 4.37. The molecule has 3 aromatic carbocycles. The maximum Gasteiger partial charge on any atom is 0.264 e. The van der Waals surface area contributed by atoms with E-state index in [2.05, 4.69) is 5.32 Å². The predicted octanol–water partition coefficient (Wildman–Crippen LogP) is 3.90. The first-order valence-electron chi connectivity index (χ1n) is 8.96. The number of ether oxygens (including phenoxy) is 2. The Bertz CT molecular complexity index is 1190. The SMILES string of the molecule is O=C(CN(c1cccc(Cl)c1)S(=O)(=O)c1ccccc1)Nc1ccc2c(c1)OCO2. The van der Waals surface area contributed by atoms with Gasteiger partial charge in [-0.1, -0.05) is 35.9 Å². The molecule has 0 unspecified atom stereocenters. The molecule has 0 atom stereocenters.